The minimum atomic E-state index is -1.80. The molecule has 7 heteroatoms. The van der Waals surface area contributed by atoms with Crippen LogP contribution in [0.25, 0.3) is 110 Å². The summed E-state index contributed by atoms with van der Waals surface area (Å²) >= 11 is 0. The summed E-state index contributed by atoms with van der Waals surface area (Å²) in [4.78, 5) is 4.91. The summed E-state index contributed by atoms with van der Waals surface area (Å²) in [5, 5.41) is 9.79. The number of furan rings is 4. The number of benzene rings is 12. The summed E-state index contributed by atoms with van der Waals surface area (Å²) in [5.74, 6) is 0. The largest absolute Gasteiger partial charge is 0.456 e. The zero-order chi connectivity index (χ0) is 61.6. The van der Waals surface area contributed by atoms with E-state index in [2.05, 4.69) is 302 Å². The van der Waals surface area contributed by atoms with Gasteiger partial charge in [-0.2, -0.15) is 0 Å². The van der Waals surface area contributed by atoms with Crippen LogP contribution >= 0.6 is 0 Å². The lowest BCUT2D eigenvalue weighted by molar-refractivity contribution is 0.590. The quantitative estimate of drug-likeness (QED) is 0.148. The lowest BCUT2D eigenvalue weighted by atomic mass is 9.70. The van der Waals surface area contributed by atoms with Gasteiger partial charge in [0.2, 0.25) is 0 Å². The molecule has 0 bridgehead atoms. The first kappa shape index (κ1) is 53.7. The fourth-order valence-corrected chi connectivity index (χ4v) is 17.1. The summed E-state index contributed by atoms with van der Waals surface area (Å²) in [6.45, 7) is 20.9. The second-order valence-corrected chi connectivity index (χ2v) is 33.4. The van der Waals surface area contributed by atoms with Crippen LogP contribution in [0.1, 0.15) is 74.9 Å². The van der Waals surface area contributed by atoms with Crippen LogP contribution in [0.2, 0.25) is 19.6 Å². The molecule has 0 aliphatic heterocycles. The number of para-hydroxylation sites is 4. The van der Waals surface area contributed by atoms with Crippen LogP contribution in [-0.4, -0.2) is 8.07 Å². The fraction of sp³-hybridized carbons (Fsp3) is 0.143. The predicted octanol–water partition coefficient (Wildman–Crippen LogP) is 23.7. The van der Waals surface area contributed by atoms with E-state index < -0.39 is 13.5 Å². The van der Waals surface area contributed by atoms with Crippen molar-refractivity contribution in [3.8, 4) is 22.3 Å². The summed E-state index contributed by atoms with van der Waals surface area (Å²) in [6.07, 6.45) is 0. The highest BCUT2D eigenvalue weighted by atomic mass is 28.3. The first-order valence-corrected chi connectivity index (χ1v) is 35.4. The molecule has 0 radical (unpaired) electrons. The molecule has 0 N–H and O–H groups in total. The predicted molar refractivity (Wildman–Crippen MR) is 382 cm³/mol. The Morgan fingerprint density at radius 2 is 0.703 bits per heavy atom. The second kappa shape index (κ2) is 18.9. The highest BCUT2D eigenvalue weighted by Crippen LogP contribution is 2.68. The number of rotatable bonds is 7. The Hall–Kier alpha value is -10.3. The van der Waals surface area contributed by atoms with Gasteiger partial charge in [-0.3, -0.25) is 0 Å². The number of hydrogen-bond acceptors (Lipinski definition) is 6. The lowest BCUT2D eigenvalue weighted by Crippen LogP contribution is -2.37. The number of nitrogens with zero attached hydrogens (tertiary/aromatic N) is 2. The monoisotopic (exact) mass is 1190 g/mol. The van der Waals surface area contributed by atoms with Crippen LogP contribution in [0.5, 0.6) is 0 Å². The van der Waals surface area contributed by atoms with Crippen molar-refractivity contribution >= 4 is 135 Å². The molecular formula is C84H66N2O4Si. The molecule has 4 heterocycles. The molecule has 0 atom stereocenters. The van der Waals surface area contributed by atoms with Gasteiger partial charge in [-0.25, -0.2) is 0 Å². The zero-order valence-electron chi connectivity index (χ0n) is 52.5. The van der Waals surface area contributed by atoms with E-state index in [0.29, 0.717) is 0 Å². The molecule has 2 aliphatic rings. The molecule has 91 heavy (non-hydrogen) atoms. The van der Waals surface area contributed by atoms with Gasteiger partial charge >= 0.3 is 0 Å². The van der Waals surface area contributed by atoms with E-state index in [4.69, 9.17) is 17.7 Å². The average molecular weight is 1200 g/mol. The van der Waals surface area contributed by atoms with Gasteiger partial charge in [0.1, 0.15) is 44.7 Å². The molecule has 1 spiro atoms. The van der Waals surface area contributed by atoms with Gasteiger partial charge in [-0.1, -0.05) is 207 Å². The molecule has 12 aromatic carbocycles. The molecule has 0 amide bonds. The summed E-state index contributed by atoms with van der Waals surface area (Å²) in [7, 11) is -1.80. The minimum absolute atomic E-state index is 0.0660. The van der Waals surface area contributed by atoms with Crippen molar-refractivity contribution in [2.45, 2.75) is 77.4 Å². The summed E-state index contributed by atoms with van der Waals surface area (Å²) in [6, 6.07) is 87.3. The van der Waals surface area contributed by atoms with Crippen molar-refractivity contribution < 1.29 is 17.7 Å². The van der Waals surface area contributed by atoms with E-state index in [0.717, 1.165) is 144 Å². The van der Waals surface area contributed by atoms with Gasteiger partial charge in [0, 0.05) is 78.3 Å². The smallest absolute Gasteiger partial charge is 0.145 e. The lowest BCUT2D eigenvalue weighted by Gasteiger charge is -2.34. The molecular weight excluding hydrogens is 1130 g/mol. The van der Waals surface area contributed by atoms with Crippen molar-refractivity contribution in [2.24, 2.45) is 0 Å². The van der Waals surface area contributed by atoms with Crippen molar-refractivity contribution in [3.05, 3.63) is 270 Å². The van der Waals surface area contributed by atoms with Crippen LogP contribution in [0.3, 0.4) is 0 Å². The third-order valence-electron chi connectivity index (χ3n) is 19.9. The van der Waals surface area contributed by atoms with E-state index in [-0.39, 0.29) is 10.8 Å². The molecule has 4 aromatic heterocycles. The Kier molecular flexibility index (Phi) is 11.1. The highest BCUT2D eigenvalue weighted by Gasteiger charge is 2.55. The second-order valence-electron chi connectivity index (χ2n) is 28.3. The van der Waals surface area contributed by atoms with Crippen molar-refractivity contribution in [3.63, 3.8) is 0 Å². The maximum Gasteiger partial charge on any atom is 0.145 e. The third kappa shape index (κ3) is 7.65. The van der Waals surface area contributed by atoms with Crippen LogP contribution in [0, 0.1) is 0 Å². The Morgan fingerprint density at radius 3 is 1.19 bits per heavy atom. The Bertz CT molecular complexity index is 5690. The topological polar surface area (TPSA) is 59.0 Å². The molecule has 0 unspecified atom stereocenters. The van der Waals surface area contributed by atoms with E-state index in [1.807, 2.05) is 6.07 Å². The van der Waals surface area contributed by atoms with Gasteiger partial charge in [0.15, 0.2) is 0 Å². The maximum absolute atomic E-state index is 7.65. The number of anilines is 6. The Labute approximate surface area is 529 Å². The van der Waals surface area contributed by atoms with Gasteiger partial charge in [0.05, 0.1) is 35.6 Å². The normalized spacial score (nSPS) is 13.6. The average Bonchev–Trinajstić information content (AvgIpc) is 1.49. The summed E-state index contributed by atoms with van der Waals surface area (Å²) < 4.78 is 29.2. The molecule has 440 valence electrons. The Morgan fingerprint density at radius 1 is 0.319 bits per heavy atom. The first-order valence-electron chi connectivity index (χ1n) is 31.9. The highest BCUT2D eigenvalue weighted by molar-refractivity contribution is 6.90. The molecule has 18 rings (SSSR count). The maximum atomic E-state index is 7.65. The first-order chi connectivity index (χ1) is 44.0. The van der Waals surface area contributed by atoms with Gasteiger partial charge in [0.25, 0.3) is 0 Å². The van der Waals surface area contributed by atoms with Crippen molar-refractivity contribution in [1.29, 1.82) is 0 Å². The van der Waals surface area contributed by atoms with Crippen LogP contribution < -0.4 is 15.0 Å². The van der Waals surface area contributed by atoms with Gasteiger partial charge in [-0.05, 0) is 139 Å². The van der Waals surface area contributed by atoms with Crippen molar-refractivity contribution in [1.82, 2.24) is 0 Å². The molecule has 0 fully saturated rings. The SMILES string of the molecule is CC(C)(C)c1ccc(N(c2ccc3c(c2)oc2ccccc23)c2cc3c(c4oc5ccccc5c24)-c2c(cc(N(c4ccc(C(C)(C)C)cc4)c4ccc5c(c4)oc4c([Si](C)(C)C)cccc45)c4c2oc2ccccc24)C32c3ccccc3-c3ccccc32)cc1. The third-order valence-corrected chi connectivity index (χ3v) is 21.9. The van der Waals surface area contributed by atoms with Crippen LogP contribution in [-0.2, 0) is 16.2 Å². The number of fused-ring (bicyclic) bond motifs is 24. The minimum Gasteiger partial charge on any atom is -0.456 e. The fourth-order valence-electron chi connectivity index (χ4n) is 15.6. The zero-order valence-corrected chi connectivity index (χ0v) is 53.5. The standard InChI is InChI=1S/C84H66N2O4Si/c1-82(2,3)49-33-37-51(38-34-49)85(53-41-43-58-57-23-12-17-29-69(57)87-72(58)45-53)67-47-65-77(80-75(67)61-24-13-18-30-70(61)88-80)78-66(84(65)63-27-15-10-21-55(63)56-22-11-16-28-64(56)84)48-68(76-62-25-14-19-31-71(62)89-81(76)78)86(52-39-35-50(36-40-52)83(4,5)6)54-42-44-59-60-26-20-32-74(91(7,8)9)79(60)90-73(59)46-54/h10-48H,1-9H3. The molecule has 2 aliphatic carbocycles. The van der Waals surface area contributed by atoms with Gasteiger partial charge < -0.3 is 27.5 Å². The van der Waals surface area contributed by atoms with E-state index in [1.54, 1.807) is 0 Å². The molecule has 16 aromatic rings. The Balaban J connectivity index is 0.993. The summed E-state index contributed by atoms with van der Waals surface area (Å²) in [5.41, 5.74) is 23.2. The van der Waals surface area contributed by atoms with Crippen LogP contribution in [0.4, 0.5) is 34.1 Å². The van der Waals surface area contributed by atoms with Crippen LogP contribution in [0.15, 0.2) is 254 Å². The molecule has 6 nitrogen and oxygen atoms in total. The van der Waals surface area contributed by atoms with Crippen molar-refractivity contribution in [2.75, 3.05) is 9.80 Å². The van der Waals surface area contributed by atoms with Gasteiger partial charge in [-0.15, -0.1) is 0 Å². The van der Waals surface area contributed by atoms with E-state index in [1.165, 1.54) is 38.6 Å². The number of hydrogen-bond donors (Lipinski definition) is 0. The van der Waals surface area contributed by atoms with E-state index >= 15 is 0 Å². The molecule has 0 saturated carbocycles. The van der Waals surface area contributed by atoms with E-state index in [9.17, 15) is 0 Å². The molecule has 0 saturated heterocycles.